The van der Waals surface area contributed by atoms with Crippen LogP contribution in [0.15, 0.2) is 0 Å². The Morgan fingerprint density at radius 1 is 0.923 bits per heavy atom. The molecule has 0 bridgehead atoms. The van der Waals surface area contributed by atoms with Crippen molar-refractivity contribution < 1.29 is 9.90 Å². The molecule has 3 fully saturated rings. The second kappa shape index (κ2) is 2.23. The van der Waals surface area contributed by atoms with Gasteiger partial charge in [0.2, 0.25) is 5.79 Å². The van der Waals surface area contributed by atoms with E-state index in [0.29, 0.717) is 0 Å². The minimum atomic E-state index is -0.750. The molecule has 0 aliphatic carbocycles. The van der Waals surface area contributed by atoms with E-state index in [1.54, 1.807) is 0 Å². The fourth-order valence-electron chi connectivity index (χ4n) is 3.00. The molecular weight excluding hydrogens is 170 g/mol. The first-order valence-corrected chi connectivity index (χ1v) is 4.75. The van der Waals surface area contributed by atoms with E-state index in [1.165, 1.54) is 0 Å². The zero-order valence-corrected chi connectivity index (χ0v) is 7.44. The summed E-state index contributed by atoms with van der Waals surface area (Å²) in [5.41, 5.74) is 0. The van der Waals surface area contributed by atoms with Crippen LogP contribution in [0.2, 0.25) is 0 Å². The second-order valence-electron chi connectivity index (χ2n) is 3.90. The van der Waals surface area contributed by atoms with Gasteiger partial charge in [0, 0.05) is 39.3 Å². The highest BCUT2D eigenvalue weighted by Gasteiger charge is 2.63. The van der Waals surface area contributed by atoms with Crippen LogP contribution >= 0.6 is 0 Å². The van der Waals surface area contributed by atoms with E-state index in [9.17, 15) is 9.90 Å². The smallest absolute Gasteiger partial charge is 0.355 e. The number of rotatable bonds is 1. The van der Waals surface area contributed by atoms with Gasteiger partial charge in [-0.3, -0.25) is 14.7 Å². The lowest BCUT2D eigenvalue weighted by Gasteiger charge is -2.33. The lowest BCUT2D eigenvalue weighted by molar-refractivity contribution is -0.164. The van der Waals surface area contributed by atoms with Crippen LogP contribution in [0.1, 0.15) is 0 Å². The molecule has 0 aromatic rings. The second-order valence-corrected chi connectivity index (χ2v) is 3.90. The monoisotopic (exact) mass is 183 g/mol. The van der Waals surface area contributed by atoms with Crippen LogP contribution in [0.25, 0.3) is 0 Å². The highest BCUT2D eigenvalue weighted by molar-refractivity contribution is 5.79. The summed E-state index contributed by atoms with van der Waals surface area (Å²) in [5, 5.41) is 9.33. The van der Waals surface area contributed by atoms with Gasteiger partial charge in [-0.1, -0.05) is 0 Å². The summed E-state index contributed by atoms with van der Waals surface area (Å²) in [6.45, 7) is 5.43. The SMILES string of the molecule is O=C(O)C12N3CCN1CCN2CC3. The maximum absolute atomic E-state index is 11.3. The molecule has 3 rings (SSSR count). The maximum Gasteiger partial charge on any atom is 0.355 e. The summed E-state index contributed by atoms with van der Waals surface area (Å²) in [5.74, 6) is -1.44. The summed E-state index contributed by atoms with van der Waals surface area (Å²) in [4.78, 5) is 17.6. The molecule has 0 radical (unpaired) electrons. The molecule has 3 saturated heterocycles. The predicted octanol–water partition coefficient (Wildman–Crippen LogP) is -1.33. The fraction of sp³-hybridized carbons (Fsp3) is 0.875. The largest absolute Gasteiger partial charge is 0.478 e. The molecule has 5 nitrogen and oxygen atoms in total. The van der Waals surface area contributed by atoms with Crippen molar-refractivity contribution in [2.45, 2.75) is 5.79 Å². The Bertz CT molecular complexity index is 225. The van der Waals surface area contributed by atoms with Crippen LogP contribution in [0.3, 0.4) is 0 Å². The number of nitrogens with zero attached hydrogens (tertiary/aromatic N) is 3. The molecule has 1 N–H and O–H groups in total. The molecule has 3 heterocycles. The quantitative estimate of drug-likeness (QED) is 0.546. The molecule has 0 unspecified atom stereocenters. The standard InChI is InChI=1S/C8H13N3O2/c12-7(13)8-9-1-2-10(8)5-6-11(8)4-3-9/h1-6H2,(H,12,13). The topological polar surface area (TPSA) is 47.0 Å². The van der Waals surface area contributed by atoms with E-state index >= 15 is 0 Å². The fourth-order valence-corrected chi connectivity index (χ4v) is 3.00. The highest BCUT2D eigenvalue weighted by Crippen LogP contribution is 2.38. The zero-order valence-electron chi connectivity index (χ0n) is 7.44. The average Bonchev–Trinajstić information content (AvgIpc) is 2.71. The zero-order chi connectivity index (χ0) is 9.05. The molecule has 3 aliphatic rings. The first-order chi connectivity index (χ1) is 6.26. The van der Waals surface area contributed by atoms with Crippen molar-refractivity contribution in [2.24, 2.45) is 0 Å². The van der Waals surface area contributed by atoms with E-state index < -0.39 is 11.8 Å². The summed E-state index contributed by atoms with van der Waals surface area (Å²) in [7, 11) is 0. The number of carboxylic acid groups (broad SMARTS) is 1. The van der Waals surface area contributed by atoms with Gasteiger partial charge in [-0.05, 0) is 0 Å². The molecule has 0 spiro atoms. The summed E-state index contributed by atoms with van der Waals surface area (Å²) in [6, 6.07) is 0. The van der Waals surface area contributed by atoms with Crippen LogP contribution in [0.4, 0.5) is 0 Å². The molecule has 72 valence electrons. The van der Waals surface area contributed by atoms with Crippen molar-refractivity contribution in [3.8, 4) is 0 Å². The third-order valence-corrected chi connectivity index (χ3v) is 3.53. The Kier molecular flexibility index (Phi) is 1.33. The van der Waals surface area contributed by atoms with Crippen LogP contribution in [-0.2, 0) is 4.79 Å². The molecule has 0 saturated carbocycles. The van der Waals surface area contributed by atoms with E-state index in [4.69, 9.17) is 0 Å². The van der Waals surface area contributed by atoms with Crippen molar-refractivity contribution in [3.63, 3.8) is 0 Å². The van der Waals surface area contributed by atoms with Gasteiger partial charge >= 0.3 is 5.97 Å². The first-order valence-electron chi connectivity index (χ1n) is 4.75. The van der Waals surface area contributed by atoms with Gasteiger partial charge in [-0.15, -0.1) is 0 Å². The van der Waals surface area contributed by atoms with Crippen molar-refractivity contribution in [1.82, 2.24) is 14.7 Å². The molecule has 0 aromatic carbocycles. The molecule has 13 heavy (non-hydrogen) atoms. The van der Waals surface area contributed by atoms with E-state index in [1.807, 2.05) is 0 Å². The predicted molar refractivity (Wildman–Crippen MR) is 45.1 cm³/mol. The van der Waals surface area contributed by atoms with Crippen molar-refractivity contribution in [1.29, 1.82) is 0 Å². The molecular formula is C8H13N3O2. The summed E-state index contributed by atoms with van der Waals surface area (Å²) >= 11 is 0. The lowest BCUT2D eigenvalue weighted by atomic mass is 10.3. The van der Waals surface area contributed by atoms with E-state index in [2.05, 4.69) is 14.7 Å². The van der Waals surface area contributed by atoms with E-state index in [0.717, 1.165) is 39.3 Å². The third kappa shape index (κ3) is 0.675. The molecule has 5 heteroatoms. The number of aliphatic carboxylic acids is 1. The van der Waals surface area contributed by atoms with Gasteiger partial charge in [0.25, 0.3) is 0 Å². The third-order valence-electron chi connectivity index (χ3n) is 3.53. The minimum Gasteiger partial charge on any atom is -0.478 e. The normalized spacial score (nSPS) is 32.6. The van der Waals surface area contributed by atoms with Gasteiger partial charge in [-0.2, -0.15) is 0 Å². The first kappa shape index (κ1) is 7.73. The Morgan fingerprint density at radius 3 is 1.46 bits per heavy atom. The number of carbonyl (C=O) groups is 1. The number of carboxylic acids is 1. The average molecular weight is 183 g/mol. The van der Waals surface area contributed by atoms with Crippen LogP contribution in [0.5, 0.6) is 0 Å². The van der Waals surface area contributed by atoms with Crippen LogP contribution < -0.4 is 0 Å². The Labute approximate surface area is 76.5 Å². The summed E-state index contributed by atoms with van der Waals surface area (Å²) in [6.07, 6.45) is 0. The molecule has 3 aliphatic heterocycles. The van der Waals surface area contributed by atoms with Crippen LogP contribution in [0, 0.1) is 0 Å². The lowest BCUT2D eigenvalue weighted by Crippen LogP contribution is -2.59. The van der Waals surface area contributed by atoms with Crippen molar-refractivity contribution >= 4 is 5.97 Å². The Hall–Kier alpha value is -0.650. The van der Waals surface area contributed by atoms with Gasteiger partial charge in [-0.25, -0.2) is 4.79 Å². The van der Waals surface area contributed by atoms with Crippen LogP contribution in [-0.4, -0.2) is 70.8 Å². The van der Waals surface area contributed by atoms with Gasteiger partial charge < -0.3 is 5.11 Å². The number of hydrogen-bond acceptors (Lipinski definition) is 4. The Morgan fingerprint density at radius 2 is 1.23 bits per heavy atom. The minimum absolute atomic E-state index is 0.694. The van der Waals surface area contributed by atoms with Crippen molar-refractivity contribution in [3.05, 3.63) is 0 Å². The highest BCUT2D eigenvalue weighted by atomic mass is 16.4. The Balaban J connectivity index is 2.09. The number of hydrogen-bond donors (Lipinski definition) is 1. The maximum atomic E-state index is 11.3. The van der Waals surface area contributed by atoms with Gasteiger partial charge in [0.05, 0.1) is 0 Å². The molecule has 0 aromatic heterocycles. The van der Waals surface area contributed by atoms with E-state index in [-0.39, 0.29) is 0 Å². The van der Waals surface area contributed by atoms with Crippen molar-refractivity contribution in [2.75, 3.05) is 39.3 Å². The molecule has 0 amide bonds. The summed E-state index contributed by atoms with van der Waals surface area (Å²) < 4.78 is 0. The van der Waals surface area contributed by atoms with Gasteiger partial charge in [0.1, 0.15) is 0 Å². The van der Waals surface area contributed by atoms with Gasteiger partial charge in [0.15, 0.2) is 0 Å². The molecule has 0 atom stereocenters.